The molecule has 7 atom stereocenters. The quantitative estimate of drug-likeness (QED) is 0.0196. The van der Waals surface area contributed by atoms with E-state index in [4.69, 9.17) is 14.2 Å². The highest BCUT2D eigenvalue weighted by Gasteiger charge is 2.44. The molecule has 0 aromatic rings. The zero-order valence-electron chi connectivity index (χ0n) is 41.9. The molecule has 0 radical (unpaired) electrons. The van der Waals surface area contributed by atoms with Crippen LogP contribution < -0.4 is 5.32 Å². The van der Waals surface area contributed by atoms with Gasteiger partial charge < -0.3 is 45.1 Å². The van der Waals surface area contributed by atoms with Crippen LogP contribution in [-0.2, 0) is 23.8 Å². The average Bonchev–Trinajstić information content (AvgIpc) is 3.31. The normalized spacial score (nSPS) is 20.0. The number of hydrogen-bond donors (Lipinski definition) is 6. The van der Waals surface area contributed by atoms with Crippen LogP contribution >= 0.6 is 0 Å². The second kappa shape index (κ2) is 45.1. The first-order valence-electron chi connectivity index (χ1n) is 26.9. The zero-order valence-corrected chi connectivity index (χ0v) is 41.9. The standard InChI is InChI=1S/C55H99NO10/c1-3-5-7-9-11-13-14-15-16-20-23-27-31-35-39-43-51(60)64-44-40-36-32-28-24-21-18-17-19-22-26-30-34-38-42-50(59)56-47(48(58)41-37-33-29-25-12-10-8-6-4-2)46-65-55-54(63)53(62)52(61)49(45-57)66-55/h11-13,15-16,25,37,41,47-49,52-55,57-58,61-63H,3-10,14,17-24,26-36,38-40,42-46H2,1-2H3,(H,56,59)/b13-11-,16-15-,25-12+,41-37+. The lowest BCUT2D eigenvalue weighted by molar-refractivity contribution is -0.302. The van der Waals surface area contributed by atoms with Crippen molar-refractivity contribution in [1.82, 2.24) is 5.32 Å². The summed E-state index contributed by atoms with van der Waals surface area (Å²) in [6.45, 7) is 4.19. The Bertz CT molecular complexity index is 1240. The smallest absolute Gasteiger partial charge is 0.305 e. The second-order valence-electron chi connectivity index (χ2n) is 18.6. The summed E-state index contributed by atoms with van der Waals surface area (Å²) in [6, 6.07) is -0.835. The van der Waals surface area contributed by atoms with Crippen molar-refractivity contribution >= 4 is 11.9 Å². The molecule has 1 aliphatic heterocycles. The summed E-state index contributed by atoms with van der Waals surface area (Å²) < 4.78 is 16.6. The monoisotopic (exact) mass is 934 g/mol. The molecule has 66 heavy (non-hydrogen) atoms. The Balaban J connectivity index is 2.09. The lowest BCUT2D eigenvalue weighted by atomic mass is 9.99. The zero-order chi connectivity index (χ0) is 48.1. The van der Waals surface area contributed by atoms with Crippen LogP contribution in [0, 0.1) is 0 Å². The van der Waals surface area contributed by atoms with Gasteiger partial charge in [-0.3, -0.25) is 9.59 Å². The van der Waals surface area contributed by atoms with E-state index in [1.54, 1.807) is 6.08 Å². The third-order valence-electron chi connectivity index (χ3n) is 12.4. The predicted molar refractivity (Wildman–Crippen MR) is 269 cm³/mol. The van der Waals surface area contributed by atoms with Gasteiger partial charge in [-0.05, 0) is 77.0 Å². The number of esters is 1. The van der Waals surface area contributed by atoms with Gasteiger partial charge in [-0.1, -0.05) is 184 Å². The number of carbonyl (C=O) groups is 2. The number of amides is 1. The first kappa shape index (κ1) is 61.6. The molecule has 1 heterocycles. The van der Waals surface area contributed by atoms with Gasteiger partial charge in [0.2, 0.25) is 5.91 Å². The van der Waals surface area contributed by atoms with Gasteiger partial charge in [-0.15, -0.1) is 0 Å². The SMILES string of the molecule is CCCCC/C=C\C/C=C\CCCCCCCC(=O)OCCCCCCCCCCCCCCCCC(=O)NC(COC1OC(CO)C(O)C(O)C1O)C(O)/C=C/CC/C=C/CCCCC. The number of allylic oxidation sites excluding steroid dienone is 7. The summed E-state index contributed by atoms with van der Waals surface area (Å²) in [5.41, 5.74) is 0. The maximum atomic E-state index is 13.0. The Labute approximate surface area is 402 Å². The summed E-state index contributed by atoms with van der Waals surface area (Å²) in [5, 5.41) is 54.1. The second-order valence-corrected chi connectivity index (χ2v) is 18.6. The number of aliphatic hydroxyl groups excluding tert-OH is 5. The largest absolute Gasteiger partial charge is 0.466 e. The first-order valence-corrected chi connectivity index (χ1v) is 26.9. The number of rotatable bonds is 45. The van der Waals surface area contributed by atoms with Gasteiger partial charge in [-0.2, -0.15) is 0 Å². The van der Waals surface area contributed by atoms with E-state index < -0.39 is 49.5 Å². The number of hydrogen-bond acceptors (Lipinski definition) is 10. The van der Waals surface area contributed by atoms with Crippen LogP contribution in [0.5, 0.6) is 0 Å². The maximum Gasteiger partial charge on any atom is 0.305 e. The molecule has 1 saturated heterocycles. The molecular weight excluding hydrogens is 835 g/mol. The molecule has 0 aromatic heterocycles. The van der Waals surface area contributed by atoms with Gasteiger partial charge in [0, 0.05) is 12.8 Å². The van der Waals surface area contributed by atoms with Crippen molar-refractivity contribution in [2.45, 2.75) is 269 Å². The molecule has 6 N–H and O–H groups in total. The van der Waals surface area contributed by atoms with Crippen molar-refractivity contribution in [3.63, 3.8) is 0 Å². The Morgan fingerprint density at radius 2 is 1.03 bits per heavy atom. The van der Waals surface area contributed by atoms with Crippen LogP contribution in [0.3, 0.4) is 0 Å². The Kier molecular flexibility index (Phi) is 42.1. The van der Waals surface area contributed by atoms with Crippen LogP contribution in [0.25, 0.3) is 0 Å². The van der Waals surface area contributed by atoms with E-state index >= 15 is 0 Å². The third kappa shape index (κ3) is 34.8. The van der Waals surface area contributed by atoms with E-state index in [0.29, 0.717) is 19.4 Å². The minimum Gasteiger partial charge on any atom is -0.466 e. The lowest BCUT2D eigenvalue weighted by Gasteiger charge is -2.40. The van der Waals surface area contributed by atoms with Crippen molar-refractivity contribution < 1.29 is 49.3 Å². The fourth-order valence-electron chi connectivity index (χ4n) is 8.07. The molecule has 0 aromatic carbocycles. The van der Waals surface area contributed by atoms with E-state index in [0.717, 1.165) is 83.5 Å². The molecule has 0 aliphatic carbocycles. The summed E-state index contributed by atoms with van der Waals surface area (Å²) in [5.74, 6) is -0.246. The summed E-state index contributed by atoms with van der Waals surface area (Å²) in [6.07, 6.45) is 44.9. The van der Waals surface area contributed by atoms with Crippen LogP contribution in [0.2, 0.25) is 0 Å². The molecule has 1 rings (SSSR count). The van der Waals surface area contributed by atoms with E-state index in [2.05, 4.69) is 55.6 Å². The van der Waals surface area contributed by atoms with Gasteiger partial charge >= 0.3 is 5.97 Å². The summed E-state index contributed by atoms with van der Waals surface area (Å²) in [4.78, 5) is 25.0. The van der Waals surface area contributed by atoms with Gasteiger partial charge in [0.25, 0.3) is 0 Å². The van der Waals surface area contributed by atoms with Gasteiger partial charge in [0.1, 0.15) is 24.4 Å². The highest BCUT2D eigenvalue weighted by molar-refractivity contribution is 5.76. The highest BCUT2D eigenvalue weighted by Crippen LogP contribution is 2.23. The number of aliphatic hydroxyl groups is 5. The van der Waals surface area contributed by atoms with Crippen molar-refractivity contribution in [2.75, 3.05) is 19.8 Å². The molecule has 11 heteroatoms. The van der Waals surface area contributed by atoms with E-state index in [-0.39, 0.29) is 18.5 Å². The van der Waals surface area contributed by atoms with Crippen LogP contribution in [0.4, 0.5) is 0 Å². The highest BCUT2D eigenvalue weighted by atomic mass is 16.7. The Hall–Kier alpha value is -2.38. The van der Waals surface area contributed by atoms with Crippen LogP contribution in [0.1, 0.15) is 226 Å². The molecule has 7 unspecified atom stereocenters. The fraction of sp³-hybridized carbons (Fsp3) is 0.818. The molecule has 1 aliphatic rings. The fourth-order valence-corrected chi connectivity index (χ4v) is 8.07. The van der Waals surface area contributed by atoms with Gasteiger partial charge in [0.15, 0.2) is 6.29 Å². The summed E-state index contributed by atoms with van der Waals surface area (Å²) >= 11 is 0. The molecule has 0 saturated carbocycles. The molecular formula is C55H99NO10. The van der Waals surface area contributed by atoms with Gasteiger partial charge in [-0.25, -0.2) is 0 Å². The minimum atomic E-state index is -1.58. The van der Waals surface area contributed by atoms with Crippen molar-refractivity contribution in [2.24, 2.45) is 0 Å². The van der Waals surface area contributed by atoms with E-state index in [9.17, 15) is 35.1 Å². The predicted octanol–water partition coefficient (Wildman–Crippen LogP) is 11.3. The Morgan fingerprint density at radius 3 is 1.59 bits per heavy atom. The number of ether oxygens (including phenoxy) is 3. The third-order valence-corrected chi connectivity index (χ3v) is 12.4. The van der Waals surface area contributed by atoms with Gasteiger partial charge in [0.05, 0.1) is 32.0 Å². The van der Waals surface area contributed by atoms with Crippen LogP contribution in [0.15, 0.2) is 48.6 Å². The molecule has 1 fully saturated rings. The number of unbranched alkanes of at least 4 members (excludes halogenated alkanes) is 25. The molecule has 0 spiro atoms. The minimum absolute atomic E-state index is 0.0389. The maximum absolute atomic E-state index is 13.0. The molecule has 384 valence electrons. The summed E-state index contributed by atoms with van der Waals surface area (Å²) in [7, 11) is 0. The molecule has 1 amide bonds. The lowest BCUT2D eigenvalue weighted by Crippen LogP contribution is -2.60. The van der Waals surface area contributed by atoms with Crippen LogP contribution in [-0.4, -0.2) is 100 Å². The number of nitrogens with one attached hydrogen (secondary N) is 1. The average molecular weight is 934 g/mol. The Morgan fingerprint density at radius 1 is 0.561 bits per heavy atom. The molecule has 0 bridgehead atoms. The number of carbonyl (C=O) groups excluding carboxylic acids is 2. The van der Waals surface area contributed by atoms with Crippen molar-refractivity contribution in [1.29, 1.82) is 0 Å². The van der Waals surface area contributed by atoms with Crippen molar-refractivity contribution in [3.8, 4) is 0 Å². The molecule has 11 nitrogen and oxygen atoms in total. The topological polar surface area (TPSA) is 175 Å². The van der Waals surface area contributed by atoms with Crippen molar-refractivity contribution in [3.05, 3.63) is 48.6 Å². The first-order chi connectivity index (χ1) is 32.2. The van der Waals surface area contributed by atoms with E-state index in [1.165, 1.54) is 116 Å². The van der Waals surface area contributed by atoms with E-state index in [1.807, 2.05) is 6.08 Å².